The second kappa shape index (κ2) is 5.05. The smallest absolute Gasteiger partial charge is 0.258 e. The number of rotatable bonds is 2. The number of aryl methyl sites for hydroxylation is 1. The Kier molecular flexibility index (Phi) is 3.49. The first-order chi connectivity index (χ1) is 8.16. The van der Waals surface area contributed by atoms with Gasteiger partial charge in [0.1, 0.15) is 0 Å². The third-order valence-corrected chi connectivity index (χ3v) is 2.86. The van der Waals surface area contributed by atoms with Crippen LogP contribution in [-0.4, -0.2) is 15.9 Å². The molecule has 0 radical (unpaired) electrons. The monoisotopic (exact) mass is 291 g/mol. The molecule has 0 aliphatic carbocycles. The predicted octanol–water partition coefficient (Wildman–Crippen LogP) is 2.80. The van der Waals surface area contributed by atoms with Crippen molar-refractivity contribution in [1.82, 2.24) is 9.97 Å². The molecule has 1 heterocycles. The molecule has 86 valence electrons. The molecule has 0 aliphatic heterocycles. The van der Waals surface area contributed by atoms with Crippen molar-refractivity contribution in [3.05, 3.63) is 52.4 Å². The number of nitrogens with one attached hydrogen (secondary N) is 1. The molecule has 0 saturated carbocycles. The number of anilines is 1. The van der Waals surface area contributed by atoms with E-state index >= 15 is 0 Å². The molecule has 1 aromatic heterocycles. The van der Waals surface area contributed by atoms with Crippen LogP contribution in [-0.2, 0) is 0 Å². The van der Waals surface area contributed by atoms with Crippen LogP contribution in [0.4, 0.5) is 5.82 Å². The summed E-state index contributed by atoms with van der Waals surface area (Å²) in [6, 6.07) is 5.60. The lowest BCUT2D eigenvalue weighted by Gasteiger charge is -2.06. The summed E-state index contributed by atoms with van der Waals surface area (Å²) in [7, 11) is 0. The van der Waals surface area contributed by atoms with E-state index in [0.29, 0.717) is 11.4 Å². The first-order valence-corrected chi connectivity index (χ1v) is 5.79. The van der Waals surface area contributed by atoms with Crippen molar-refractivity contribution >= 4 is 27.7 Å². The number of carbonyl (C=O) groups is 1. The largest absolute Gasteiger partial charge is 0.305 e. The molecule has 0 fully saturated rings. The van der Waals surface area contributed by atoms with Gasteiger partial charge in [0.15, 0.2) is 5.82 Å². The van der Waals surface area contributed by atoms with Gasteiger partial charge in [0, 0.05) is 16.9 Å². The minimum absolute atomic E-state index is 0.207. The lowest BCUT2D eigenvalue weighted by atomic mass is 10.1. The lowest BCUT2D eigenvalue weighted by Crippen LogP contribution is -2.13. The molecule has 1 N–H and O–H groups in total. The highest BCUT2D eigenvalue weighted by molar-refractivity contribution is 9.10. The number of halogens is 1. The van der Waals surface area contributed by atoms with Gasteiger partial charge < -0.3 is 5.32 Å². The Morgan fingerprint density at radius 2 is 2.18 bits per heavy atom. The standard InChI is InChI=1S/C12H10BrN3O/c1-8-2-3-10(13)9(6-8)12(17)16-11-7-14-4-5-15-11/h2-7H,1H3,(H,15,16,17). The summed E-state index contributed by atoms with van der Waals surface area (Å²) in [6.45, 7) is 1.94. The molecule has 0 aliphatic rings. The number of hydrogen-bond donors (Lipinski definition) is 1. The maximum Gasteiger partial charge on any atom is 0.258 e. The van der Waals surface area contributed by atoms with E-state index in [1.54, 1.807) is 6.20 Å². The Morgan fingerprint density at radius 3 is 2.88 bits per heavy atom. The molecule has 17 heavy (non-hydrogen) atoms. The summed E-state index contributed by atoms with van der Waals surface area (Å²) in [5.41, 5.74) is 1.60. The molecular weight excluding hydrogens is 282 g/mol. The topological polar surface area (TPSA) is 54.9 Å². The van der Waals surface area contributed by atoms with Gasteiger partial charge >= 0.3 is 0 Å². The van der Waals surface area contributed by atoms with E-state index in [4.69, 9.17) is 0 Å². The Hall–Kier alpha value is -1.75. The number of benzene rings is 1. The quantitative estimate of drug-likeness (QED) is 0.926. The number of nitrogens with zero attached hydrogens (tertiary/aromatic N) is 2. The van der Waals surface area contributed by atoms with Crippen molar-refractivity contribution in [2.24, 2.45) is 0 Å². The van der Waals surface area contributed by atoms with Gasteiger partial charge in [-0.3, -0.25) is 9.78 Å². The van der Waals surface area contributed by atoms with Crippen molar-refractivity contribution in [1.29, 1.82) is 0 Å². The molecule has 5 heteroatoms. The lowest BCUT2D eigenvalue weighted by molar-refractivity contribution is 0.102. The molecule has 0 atom stereocenters. The summed E-state index contributed by atoms with van der Waals surface area (Å²) < 4.78 is 0.754. The van der Waals surface area contributed by atoms with Crippen LogP contribution < -0.4 is 5.32 Å². The minimum atomic E-state index is -0.207. The van der Waals surface area contributed by atoms with Crippen molar-refractivity contribution in [3.63, 3.8) is 0 Å². The van der Waals surface area contributed by atoms with Crippen LogP contribution >= 0.6 is 15.9 Å². The highest BCUT2D eigenvalue weighted by atomic mass is 79.9. The minimum Gasteiger partial charge on any atom is -0.305 e. The van der Waals surface area contributed by atoms with Gasteiger partial charge in [-0.05, 0) is 35.0 Å². The Labute approximate surface area is 107 Å². The zero-order valence-corrected chi connectivity index (χ0v) is 10.7. The second-order valence-corrected chi connectivity index (χ2v) is 4.38. The molecule has 2 aromatic rings. The third kappa shape index (κ3) is 2.88. The van der Waals surface area contributed by atoms with Crippen LogP contribution in [0.25, 0.3) is 0 Å². The molecule has 0 spiro atoms. The van der Waals surface area contributed by atoms with Gasteiger partial charge in [0.05, 0.1) is 11.8 Å². The molecule has 1 aromatic carbocycles. The number of aromatic nitrogens is 2. The second-order valence-electron chi connectivity index (χ2n) is 3.53. The van der Waals surface area contributed by atoms with Crippen molar-refractivity contribution < 1.29 is 4.79 Å². The van der Waals surface area contributed by atoms with E-state index in [1.807, 2.05) is 25.1 Å². The summed E-state index contributed by atoms with van der Waals surface area (Å²) in [4.78, 5) is 19.8. The first-order valence-electron chi connectivity index (χ1n) is 5.00. The summed E-state index contributed by atoms with van der Waals surface area (Å²) >= 11 is 3.35. The molecule has 0 saturated heterocycles. The van der Waals surface area contributed by atoms with Crippen molar-refractivity contribution in [3.8, 4) is 0 Å². The molecule has 0 unspecified atom stereocenters. The van der Waals surface area contributed by atoms with E-state index in [1.165, 1.54) is 12.4 Å². The van der Waals surface area contributed by atoms with E-state index in [-0.39, 0.29) is 5.91 Å². The van der Waals surface area contributed by atoms with Gasteiger partial charge in [0.25, 0.3) is 5.91 Å². The van der Waals surface area contributed by atoms with Gasteiger partial charge in [-0.1, -0.05) is 11.6 Å². The van der Waals surface area contributed by atoms with E-state index < -0.39 is 0 Å². The summed E-state index contributed by atoms with van der Waals surface area (Å²) in [5.74, 6) is 0.229. The molecule has 0 bridgehead atoms. The van der Waals surface area contributed by atoms with Crippen LogP contribution in [0.1, 0.15) is 15.9 Å². The van der Waals surface area contributed by atoms with E-state index in [9.17, 15) is 4.79 Å². The fourth-order valence-electron chi connectivity index (χ4n) is 1.36. The fraction of sp³-hybridized carbons (Fsp3) is 0.0833. The van der Waals surface area contributed by atoms with E-state index in [2.05, 4.69) is 31.2 Å². The van der Waals surface area contributed by atoms with Crippen molar-refractivity contribution in [2.45, 2.75) is 6.92 Å². The van der Waals surface area contributed by atoms with Crippen molar-refractivity contribution in [2.75, 3.05) is 5.32 Å². The Morgan fingerprint density at radius 1 is 1.35 bits per heavy atom. The van der Waals surface area contributed by atoms with Crippen LogP contribution in [0, 0.1) is 6.92 Å². The zero-order chi connectivity index (χ0) is 12.3. The molecule has 4 nitrogen and oxygen atoms in total. The normalized spacial score (nSPS) is 10.0. The maximum absolute atomic E-state index is 12.0. The highest BCUT2D eigenvalue weighted by Gasteiger charge is 2.10. The van der Waals surface area contributed by atoms with Crippen LogP contribution in [0.5, 0.6) is 0 Å². The van der Waals surface area contributed by atoms with Crippen LogP contribution in [0.3, 0.4) is 0 Å². The Balaban J connectivity index is 2.23. The zero-order valence-electron chi connectivity index (χ0n) is 9.14. The predicted molar refractivity (Wildman–Crippen MR) is 68.9 cm³/mol. The summed E-state index contributed by atoms with van der Waals surface area (Å²) in [5, 5.41) is 2.68. The van der Waals surface area contributed by atoms with Gasteiger partial charge in [-0.25, -0.2) is 4.98 Å². The maximum atomic E-state index is 12.0. The molecule has 2 rings (SSSR count). The SMILES string of the molecule is Cc1ccc(Br)c(C(=O)Nc2cnccn2)c1. The first kappa shape index (κ1) is 11.7. The van der Waals surface area contributed by atoms with E-state index in [0.717, 1.165) is 10.0 Å². The average molecular weight is 292 g/mol. The highest BCUT2D eigenvalue weighted by Crippen LogP contribution is 2.19. The van der Waals surface area contributed by atoms with Crippen LogP contribution in [0.15, 0.2) is 41.3 Å². The average Bonchev–Trinajstić information content (AvgIpc) is 2.33. The van der Waals surface area contributed by atoms with Gasteiger partial charge in [0.2, 0.25) is 0 Å². The third-order valence-electron chi connectivity index (χ3n) is 2.17. The van der Waals surface area contributed by atoms with Gasteiger partial charge in [-0.2, -0.15) is 0 Å². The van der Waals surface area contributed by atoms with Gasteiger partial charge in [-0.15, -0.1) is 0 Å². The molecular formula is C12H10BrN3O. The number of hydrogen-bond acceptors (Lipinski definition) is 3. The fourth-order valence-corrected chi connectivity index (χ4v) is 1.79. The number of carbonyl (C=O) groups excluding carboxylic acids is 1. The summed E-state index contributed by atoms with van der Waals surface area (Å²) in [6.07, 6.45) is 4.58. The van der Waals surface area contributed by atoms with Crippen LogP contribution in [0.2, 0.25) is 0 Å². The molecule has 1 amide bonds. The number of amides is 1. The Bertz CT molecular complexity index is 543.